The van der Waals surface area contributed by atoms with E-state index in [1.54, 1.807) is 0 Å². The zero-order chi connectivity index (χ0) is 12.0. The first kappa shape index (κ1) is 11.1. The molecule has 1 aromatic rings. The summed E-state index contributed by atoms with van der Waals surface area (Å²) in [7, 11) is 0. The normalized spacial score (nSPS) is 33.0. The Morgan fingerprint density at radius 1 is 1.29 bits per heavy atom. The Morgan fingerprint density at radius 3 is 2.88 bits per heavy atom. The highest BCUT2D eigenvalue weighted by Crippen LogP contribution is 2.43. The third-order valence-corrected chi connectivity index (χ3v) is 4.09. The van der Waals surface area contributed by atoms with Crippen molar-refractivity contribution in [2.24, 2.45) is 0 Å². The van der Waals surface area contributed by atoms with Crippen molar-refractivity contribution in [1.82, 2.24) is 4.90 Å². The first-order valence-electron chi connectivity index (χ1n) is 6.03. The summed E-state index contributed by atoms with van der Waals surface area (Å²) in [5.41, 5.74) is -0.901. The molecule has 2 nitrogen and oxygen atoms in total. The maximum absolute atomic E-state index is 13.8. The smallest absolute Gasteiger partial charge is 0.132 e. The number of fused-ring (bicyclic) bond motifs is 1. The van der Waals surface area contributed by atoms with E-state index in [1.165, 1.54) is 12.1 Å². The molecule has 2 atom stereocenters. The van der Waals surface area contributed by atoms with Crippen molar-refractivity contribution in [3.63, 3.8) is 0 Å². The van der Waals surface area contributed by atoms with Gasteiger partial charge in [-0.2, -0.15) is 0 Å². The Kier molecular flexibility index (Phi) is 2.45. The van der Waals surface area contributed by atoms with Gasteiger partial charge < -0.3 is 5.11 Å². The van der Waals surface area contributed by atoms with Crippen molar-refractivity contribution in [2.75, 3.05) is 13.1 Å². The monoisotopic (exact) mass is 239 g/mol. The van der Waals surface area contributed by atoms with Crippen molar-refractivity contribution in [3.8, 4) is 0 Å². The van der Waals surface area contributed by atoms with Gasteiger partial charge in [-0.05, 0) is 31.9 Å². The van der Waals surface area contributed by atoms with Crippen molar-refractivity contribution >= 4 is 0 Å². The molecule has 4 heteroatoms. The van der Waals surface area contributed by atoms with Crippen molar-refractivity contribution < 1.29 is 13.9 Å². The Morgan fingerprint density at radius 2 is 2.12 bits per heavy atom. The van der Waals surface area contributed by atoms with E-state index >= 15 is 0 Å². The summed E-state index contributed by atoms with van der Waals surface area (Å²) in [5, 5.41) is 10.7. The van der Waals surface area contributed by atoms with E-state index < -0.39 is 17.2 Å². The Bertz CT molecular complexity index is 451. The summed E-state index contributed by atoms with van der Waals surface area (Å²) in [6, 6.07) is 3.44. The molecule has 0 spiro atoms. The minimum Gasteiger partial charge on any atom is -0.383 e. The van der Waals surface area contributed by atoms with Gasteiger partial charge in [0.25, 0.3) is 0 Å². The number of hydrogen-bond donors (Lipinski definition) is 1. The predicted molar refractivity (Wildman–Crippen MR) is 59.5 cm³/mol. The highest BCUT2D eigenvalue weighted by Gasteiger charge is 2.50. The van der Waals surface area contributed by atoms with Gasteiger partial charge in [0.2, 0.25) is 0 Å². The molecule has 2 saturated heterocycles. The lowest BCUT2D eigenvalue weighted by atomic mass is 9.85. The molecule has 0 amide bonds. The number of rotatable bonds is 1. The highest BCUT2D eigenvalue weighted by molar-refractivity contribution is 5.29. The van der Waals surface area contributed by atoms with Crippen LogP contribution < -0.4 is 0 Å². The van der Waals surface area contributed by atoms with Crippen LogP contribution in [0.5, 0.6) is 0 Å². The standard InChI is InChI=1S/C13H15F2NO/c14-9-3-4-10(11(15)8-9)13(17)5-7-16-6-1-2-12(13)16/h3-4,8,12,17H,1-2,5-7H2. The third kappa shape index (κ3) is 1.58. The molecule has 2 unspecified atom stereocenters. The van der Waals surface area contributed by atoms with Crippen LogP contribution in [-0.4, -0.2) is 29.1 Å². The SMILES string of the molecule is OC1(c2ccc(F)cc2F)CCN2CCCC21. The van der Waals surface area contributed by atoms with E-state index in [0.29, 0.717) is 6.42 Å². The van der Waals surface area contributed by atoms with Crippen molar-refractivity contribution in [1.29, 1.82) is 0 Å². The van der Waals surface area contributed by atoms with E-state index in [9.17, 15) is 13.9 Å². The van der Waals surface area contributed by atoms with Crippen molar-refractivity contribution in [3.05, 3.63) is 35.4 Å². The number of halogens is 2. The summed E-state index contributed by atoms with van der Waals surface area (Å²) in [6.45, 7) is 1.76. The van der Waals surface area contributed by atoms with Crippen LogP contribution >= 0.6 is 0 Å². The van der Waals surface area contributed by atoms with Gasteiger partial charge in [0.15, 0.2) is 0 Å². The summed E-state index contributed by atoms with van der Waals surface area (Å²) >= 11 is 0. The fraction of sp³-hybridized carbons (Fsp3) is 0.538. The van der Waals surface area contributed by atoms with E-state index in [-0.39, 0.29) is 11.6 Å². The number of hydrogen-bond acceptors (Lipinski definition) is 2. The minimum atomic E-state index is -1.14. The largest absolute Gasteiger partial charge is 0.383 e. The maximum Gasteiger partial charge on any atom is 0.132 e. The lowest BCUT2D eigenvalue weighted by molar-refractivity contribution is 0.00614. The minimum absolute atomic E-state index is 0.0116. The highest BCUT2D eigenvalue weighted by atomic mass is 19.1. The molecule has 1 aromatic carbocycles. The lowest BCUT2D eigenvalue weighted by Crippen LogP contribution is -2.39. The Labute approximate surface area is 98.9 Å². The number of nitrogens with zero attached hydrogens (tertiary/aromatic N) is 1. The topological polar surface area (TPSA) is 23.5 Å². The van der Waals surface area contributed by atoms with Gasteiger partial charge in [0.05, 0.1) is 0 Å². The van der Waals surface area contributed by atoms with Gasteiger partial charge in [-0.1, -0.05) is 6.07 Å². The van der Waals surface area contributed by atoms with Crippen LogP contribution in [0, 0.1) is 11.6 Å². The number of benzene rings is 1. The van der Waals surface area contributed by atoms with Crippen LogP contribution in [0.1, 0.15) is 24.8 Å². The summed E-state index contributed by atoms with van der Waals surface area (Å²) in [6.07, 6.45) is 2.45. The second kappa shape index (κ2) is 3.75. The zero-order valence-electron chi connectivity index (χ0n) is 9.50. The zero-order valence-corrected chi connectivity index (χ0v) is 9.50. The van der Waals surface area contributed by atoms with E-state index in [1.807, 2.05) is 0 Å². The lowest BCUT2D eigenvalue weighted by Gasteiger charge is -2.30. The van der Waals surface area contributed by atoms with Crippen LogP contribution in [-0.2, 0) is 5.60 Å². The third-order valence-electron chi connectivity index (χ3n) is 4.09. The molecule has 2 aliphatic rings. The summed E-state index contributed by atoms with van der Waals surface area (Å²) < 4.78 is 26.7. The summed E-state index contributed by atoms with van der Waals surface area (Å²) in [4.78, 5) is 2.20. The molecule has 2 fully saturated rings. The molecular weight excluding hydrogens is 224 g/mol. The first-order valence-corrected chi connectivity index (χ1v) is 6.03. The van der Waals surface area contributed by atoms with Gasteiger partial charge in [0.1, 0.15) is 17.2 Å². The molecule has 0 radical (unpaired) electrons. The fourth-order valence-corrected chi connectivity index (χ4v) is 3.27. The first-order chi connectivity index (χ1) is 8.11. The van der Waals surface area contributed by atoms with Gasteiger partial charge in [0, 0.05) is 24.2 Å². The Balaban J connectivity index is 2.02. The van der Waals surface area contributed by atoms with E-state index in [2.05, 4.69) is 4.90 Å². The van der Waals surface area contributed by atoms with Crippen LogP contribution in [0.2, 0.25) is 0 Å². The molecule has 2 heterocycles. The quantitative estimate of drug-likeness (QED) is 0.810. The second-order valence-electron chi connectivity index (χ2n) is 4.99. The van der Waals surface area contributed by atoms with E-state index in [0.717, 1.165) is 32.0 Å². The molecule has 3 rings (SSSR count). The van der Waals surface area contributed by atoms with Gasteiger partial charge >= 0.3 is 0 Å². The van der Waals surface area contributed by atoms with Gasteiger partial charge in [-0.15, -0.1) is 0 Å². The fourth-order valence-electron chi connectivity index (χ4n) is 3.27. The molecule has 1 N–H and O–H groups in total. The molecule has 0 saturated carbocycles. The van der Waals surface area contributed by atoms with Crippen LogP contribution in [0.4, 0.5) is 8.78 Å². The van der Waals surface area contributed by atoms with Crippen LogP contribution in [0.3, 0.4) is 0 Å². The van der Waals surface area contributed by atoms with Crippen LogP contribution in [0.25, 0.3) is 0 Å². The predicted octanol–water partition coefficient (Wildman–Crippen LogP) is 2.02. The second-order valence-corrected chi connectivity index (χ2v) is 4.99. The van der Waals surface area contributed by atoms with E-state index in [4.69, 9.17) is 0 Å². The van der Waals surface area contributed by atoms with Crippen LogP contribution in [0.15, 0.2) is 18.2 Å². The maximum atomic E-state index is 13.8. The average Bonchev–Trinajstić information content (AvgIpc) is 2.83. The molecule has 0 bridgehead atoms. The van der Waals surface area contributed by atoms with Gasteiger partial charge in [-0.3, -0.25) is 4.90 Å². The molecule has 0 aliphatic carbocycles. The molecular formula is C13H15F2NO. The average molecular weight is 239 g/mol. The van der Waals surface area contributed by atoms with Crippen molar-refractivity contribution in [2.45, 2.75) is 30.9 Å². The molecule has 92 valence electrons. The number of aliphatic hydroxyl groups is 1. The van der Waals surface area contributed by atoms with Gasteiger partial charge in [-0.25, -0.2) is 8.78 Å². The Hall–Kier alpha value is -1.00. The molecule has 17 heavy (non-hydrogen) atoms. The molecule has 2 aliphatic heterocycles. The molecule has 0 aromatic heterocycles. The summed E-state index contributed by atoms with van der Waals surface area (Å²) in [5.74, 6) is -1.24.